The number of fused-ring (bicyclic) bond motifs is 1. The highest BCUT2D eigenvalue weighted by Crippen LogP contribution is 2.43. The third-order valence-electron chi connectivity index (χ3n) is 5.03. The fraction of sp³-hybridized carbons (Fsp3) is 0.368. The van der Waals surface area contributed by atoms with Gasteiger partial charge in [-0.05, 0) is 24.9 Å². The normalized spacial score (nSPS) is 15.5. The summed E-state index contributed by atoms with van der Waals surface area (Å²) < 4.78 is 45.5. The number of imide groups is 1. The van der Waals surface area contributed by atoms with E-state index in [-0.39, 0.29) is 36.0 Å². The first-order chi connectivity index (χ1) is 14.2. The Morgan fingerprint density at radius 1 is 1.50 bits per heavy atom. The Kier molecular flexibility index (Phi) is 5.87. The van der Waals surface area contributed by atoms with E-state index in [1.807, 2.05) is 18.2 Å². The lowest BCUT2D eigenvalue weighted by Gasteiger charge is -2.26. The number of alkyl halides is 2. The van der Waals surface area contributed by atoms with Gasteiger partial charge in [-0.15, -0.1) is 0 Å². The molecule has 11 heteroatoms. The number of aryl methyl sites for hydroxylation is 1. The molecule has 1 aliphatic heterocycles. The molecule has 1 N–H and O–H groups in total. The Hall–Kier alpha value is -3.29. The van der Waals surface area contributed by atoms with Gasteiger partial charge in [-0.1, -0.05) is 13.0 Å². The minimum atomic E-state index is -3.34. The average molecular weight is 417 g/mol. The fourth-order valence-electron chi connectivity index (χ4n) is 3.64. The molecule has 0 aliphatic carbocycles. The SMILES string of the molecule is CCCN(C(=O)NC=O)c1nn(C)c2cc(C3=CCB(C#N)CC3(F)F)c(F)cc12. The van der Waals surface area contributed by atoms with Gasteiger partial charge in [-0.2, -0.15) is 5.10 Å². The number of hydrogen-bond donors (Lipinski definition) is 1. The first-order valence-corrected chi connectivity index (χ1v) is 9.39. The molecule has 1 aromatic carbocycles. The summed E-state index contributed by atoms with van der Waals surface area (Å²) >= 11 is 0. The molecule has 1 aliphatic rings. The Balaban J connectivity index is 2.13. The second-order valence-corrected chi connectivity index (χ2v) is 7.10. The van der Waals surface area contributed by atoms with Crippen molar-refractivity contribution >= 4 is 41.4 Å². The van der Waals surface area contributed by atoms with Gasteiger partial charge in [0.05, 0.1) is 5.52 Å². The Bertz CT molecular complexity index is 1080. The average Bonchev–Trinajstić information content (AvgIpc) is 3.00. The van der Waals surface area contributed by atoms with Crippen molar-refractivity contribution in [2.24, 2.45) is 7.05 Å². The summed E-state index contributed by atoms with van der Waals surface area (Å²) in [6, 6.07) is 1.62. The van der Waals surface area contributed by atoms with E-state index in [9.17, 15) is 22.8 Å². The number of carbonyl (C=O) groups is 2. The monoisotopic (exact) mass is 417 g/mol. The second kappa shape index (κ2) is 8.22. The lowest BCUT2D eigenvalue weighted by atomic mass is 9.42. The predicted octanol–water partition coefficient (Wildman–Crippen LogP) is 3.38. The van der Waals surface area contributed by atoms with E-state index >= 15 is 0 Å². The van der Waals surface area contributed by atoms with E-state index in [4.69, 9.17) is 5.26 Å². The third kappa shape index (κ3) is 3.77. The molecule has 0 atom stereocenters. The standard InChI is InChI=1S/C19H19BF3N5O2/c1-3-6-28(18(30)25-11-29)17-13-7-15(21)12(8-16(13)27(2)26-17)14-4-5-20(10-24)9-19(14,22)23/h4,7-8,11H,3,5-6,9H2,1-2H3,(H,25,29,30). The highest BCUT2D eigenvalue weighted by molar-refractivity contribution is 6.68. The minimum Gasteiger partial charge on any atom is -0.280 e. The predicted molar refractivity (Wildman–Crippen MR) is 107 cm³/mol. The van der Waals surface area contributed by atoms with Gasteiger partial charge in [-0.25, -0.2) is 23.2 Å². The maximum Gasteiger partial charge on any atom is 0.329 e. The van der Waals surface area contributed by atoms with Crippen molar-refractivity contribution in [3.63, 3.8) is 0 Å². The number of anilines is 1. The number of carbonyl (C=O) groups excluding carboxylic acids is 2. The lowest BCUT2D eigenvalue weighted by molar-refractivity contribution is -0.108. The molecule has 0 bridgehead atoms. The summed E-state index contributed by atoms with van der Waals surface area (Å²) in [4.78, 5) is 24.1. The summed E-state index contributed by atoms with van der Waals surface area (Å²) in [6.07, 6.45) is 1.44. The molecule has 0 fully saturated rings. The lowest BCUT2D eigenvalue weighted by Crippen LogP contribution is -2.40. The molecule has 3 amide bonds. The van der Waals surface area contributed by atoms with Crippen molar-refractivity contribution in [3.05, 3.63) is 29.6 Å². The second-order valence-electron chi connectivity index (χ2n) is 7.10. The van der Waals surface area contributed by atoms with E-state index in [1.54, 1.807) is 7.05 Å². The highest BCUT2D eigenvalue weighted by Gasteiger charge is 2.43. The number of amides is 3. The van der Waals surface area contributed by atoms with Gasteiger partial charge >= 0.3 is 6.03 Å². The van der Waals surface area contributed by atoms with Gasteiger partial charge in [0.2, 0.25) is 6.41 Å². The molecule has 0 saturated heterocycles. The molecule has 7 nitrogen and oxygen atoms in total. The van der Waals surface area contributed by atoms with Crippen LogP contribution in [-0.2, 0) is 11.8 Å². The van der Waals surface area contributed by atoms with E-state index in [1.165, 1.54) is 21.7 Å². The largest absolute Gasteiger partial charge is 0.329 e. The van der Waals surface area contributed by atoms with Crippen LogP contribution in [0, 0.1) is 17.0 Å². The zero-order valence-electron chi connectivity index (χ0n) is 16.5. The maximum atomic E-state index is 15.0. The molecule has 0 saturated carbocycles. The minimum absolute atomic E-state index is 0.117. The van der Waals surface area contributed by atoms with Crippen LogP contribution >= 0.6 is 0 Å². The molecule has 0 radical (unpaired) electrons. The molecule has 2 heterocycles. The Morgan fingerprint density at radius 2 is 2.23 bits per heavy atom. The van der Waals surface area contributed by atoms with Crippen LogP contribution in [0.1, 0.15) is 18.9 Å². The van der Waals surface area contributed by atoms with Gasteiger partial charge < -0.3 is 0 Å². The molecular weight excluding hydrogens is 398 g/mol. The topological polar surface area (TPSA) is 91.0 Å². The van der Waals surface area contributed by atoms with Crippen molar-refractivity contribution in [3.8, 4) is 5.97 Å². The molecular formula is C19H19BF3N5O2. The maximum absolute atomic E-state index is 15.0. The van der Waals surface area contributed by atoms with Crippen molar-refractivity contribution in [2.75, 3.05) is 11.4 Å². The van der Waals surface area contributed by atoms with Gasteiger partial charge in [0.15, 0.2) is 5.82 Å². The zero-order chi connectivity index (χ0) is 22.1. The molecule has 0 spiro atoms. The van der Waals surface area contributed by atoms with Crippen LogP contribution in [0.3, 0.4) is 0 Å². The van der Waals surface area contributed by atoms with Crippen molar-refractivity contribution in [1.82, 2.24) is 15.1 Å². The fourth-order valence-corrected chi connectivity index (χ4v) is 3.64. The van der Waals surface area contributed by atoms with Gasteiger partial charge in [-0.3, -0.25) is 19.7 Å². The molecule has 2 aromatic rings. The number of benzene rings is 1. The van der Waals surface area contributed by atoms with Gasteiger partial charge in [0, 0.05) is 42.4 Å². The smallest absolute Gasteiger partial charge is 0.280 e. The summed E-state index contributed by atoms with van der Waals surface area (Å²) in [6.45, 7) is 1.21. The molecule has 156 valence electrons. The van der Waals surface area contributed by atoms with Crippen LogP contribution in [0.25, 0.3) is 16.5 Å². The van der Waals surface area contributed by atoms with E-state index in [0.717, 1.165) is 6.07 Å². The van der Waals surface area contributed by atoms with E-state index in [0.29, 0.717) is 11.9 Å². The number of halogens is 3. The molecule has 30 heavy (non-hydrogen) atoms. The zero-order valence-corrected chi connectivity index (χ0v) is 16.5. The molecule has 1 aromatic heterocycles. The van der Waals surface area contributed by atoms with E-state index < -0.39 is 36.4 Å². The summed E-state index contributed by atoms with van der Waals surface area (Å²) in [7, 11) is 1.55. The van der Waals surface area contributed by atoms with Crippen LogP contribution in [0.2, 0.25) is 12.6 Å². The van der Waals surface area contributed by atoms with Crippen LogP contribution in [0.5, 0.6) is 0 Å². The van der Waals surface area contributed by atoms with Crippen LogP contribution in [0.15, 0.2) is 18.2 Å². The number of nitrogens with zero attached hydrogens (tertiary/aromatic N) is 4. The van der Waals surface area contributed by atoms with Gasteiger partial charge in [0.1, 0.15) is 5.82 Å². The number of aromatic nitrogens is 2. The number of hydrogen-bond acceptors (Lipinski definition) is 4. The number of allylic oxidation sites excluding steroid dienone is 2. The highest BCUT2D eigenvalue weighted by atomic mass is 19.3. The van der Waals surface area contributed by atoms with Gasteiger partial charge in [0.25, 0.3) is 12.6 Å². The van der Waals surface area contributed by atoms with Crippen LogP contribution in [0.4, 0.5) is 23.8 Å². The summed E-state index contributed by atoms with van der Waals surface area (Å²) in [5.74, 6) is -2.27. The van der Waals surface area contributed by atoms with E-state index in [2.05, 4.69) is 5.10 Å². The first-order valence-electron chi connectivity index (χ1n) is 9.39. The Labute approximate surface area is 171 Å². The van der Waals surface area contributed by atoms with Crippen LogP contribution < -0.4 is 10.2 Å². The Morgan fingerprint density at radius 3 is 2.83 bits per heavy atom. The third-order valence-corrected chi connectivity index (χ3v) is 5.03. The molecule has 3 rings (SSSR count). The van der Waals surface area contributed by atoms with Crippen LogP contribution in [-0.4, -0.2) is 41.4 Å². The van der Waals surface area contributed by atoms with Crippen molar-refractivity contribution < 1.29 is 22.8 Å². The summed E-state index contributed by atoms with van der Waals surface area (Å²) in [5, 5.41) is 15.5. The number of nitriles is 1. The van der Waals surface area contributed by atoms with Crippen molar-refractivity contribution in [1.29, 1.82) is 5.26 Å². The number of nitrogens with one attached hydrogen (secondary N) is 1. The molecule has 0 unspecified atom stereocenters. The summed E-state index contributed by atoms with van der Waals surface area (Å²) in [5.41, 5.74) is -0.376. The first kappa shape index (κ1) is 21.4. The quantitative estimate of drug-likeness (QED) is 0.597. The van der Waals surface area contributed by atoms with Crippen molar-refractivity contribution in [2.45, 2.75) is 31.9 Å². The number of urea groups is 1. The number of rotatable bonds is 5.